The Morgan fingerprint density at radius 1 is 0.932 bits per heavy atom. The van der Waals surface area contributed by atoms with Crippen LogP contribution >= 0.6 is 0 Å². The molecule has 1 saturated heterocycles. The number of amides is 1. The molecule has 0 radical (unpaired) electrons. The first-order valence-corrected chi connectivity index (χ1v) is 13.9. The van der Waals surface area contributed by atoms with Gasteiger partial charge in [0, 0.05) is 18.3 Å². The van der Waals surface area contributed by atoms with E-state index in [4.69, 9.17) is 28.4 Å². The Bertz CT molecular complexity index is 1590. The van der Waals surface area contributed by atoms with Crippen molar-refractivity contribution in [1.29, 1.82) is 0 Å². The van der Waals surface area contributed by atoms with E-state index in [9.17, 15) is 24.6 Å². The summed E-state index contributed by atoms with van der Waals surface area (Å²) in [6, 6.07) is 12.0. The molecule has 1 amide bonds. The Labute approximate surface area is 252 Å². The van der Waals surface area contributed by atoms with Gasteiger partial charge in [-0.25, -0.2) is 4.79 Å². The van der Waals surface area contributed by atoms with Gasteiger partial charge in [0.25, 0.3) is 0 Å². The highest BCUT2D eigenvalue weighted by Crippen LogP contribution is 2.56. The third kappa shape index (κ3) is 4.95. The van der Waals surface area contributed by atoms with E-state index in [1.54, 1.807) is 36.4 Å². The number of ether oxygens (including phenoxy) is 6. The van der Waals surface area contributed by atoms with Gasteiger partial charge in [-0.15, -0.1) is 0 Å². The van der Waals surface area contributed by atoms with Crippen molar-refractivity contribution in [2.24, 2.45) is 11.8 Å². The molecule has 2 heterocycles. The molecule has 6 rings (SSSR count). The van der Waals surface area contributed by atoms with Crippen LogP contribution in [0.4, 0.5) is 0 Å². The second kappa shape index (κ2) is 11.5. The fourth-order valence-electron chi connectivity index (χ4n) is 6.46. The molecule has 1 fully saturated rings. The van der Waals surface area contributed by atoms with Crippen LogP contribution in [0.2, 0.25) is 0 Å². The Morgan fingerprint density at radius 2 is 1.57 bits per heavy atom. The van der Waals surface area contributed by atoms with Crippen LogP contribution in [0.5, 0.6) is 34.5 Å². The van der Waals surface area contributed by atoms with E-state index in [0.29, 0.717) is 33.8 Å². The van der Waals surface area contributed by atoms with Crippen molar-refractivity contribution in [1.82, 2.24) is 5.32 Å². The van der Waals surface area contributed by atoms with E-state index >= 15 is 0 Å². The lowest BCUT2D eigenvalue weighted by Gasteiger charge is -2.39. The van der Waals surface area contributed by atoms with E-state index in [0.717, 1.165) is 0 Å². The minimum absolute atomic E-state index is 0.00739. The number of benzene rings is 3. The number of methoxy groups -OCH3 is 3. The van der Waals surface area contributed by atoms with Crippen LogP contribution in [-0.2, 0) is 30.3 Å². The number of carbonyl (C=O) groups is 3. The second-order valence-electron chi connectivity index (χ2n) is 10.8. The Kier molecular flexibility index (Phi) is 7.58. The first-order chi connectivity index (χ1) is 21.2. The first-order valence-electron chi connectivity index (χ1n) is 13.9. The van der Waals surface area contributed by atoms with Crippen molar-refractivity contribution in [3.05, 3.63) is 70.8 Å². The Morgan fingerprint density at radius 3 is 2.18 bits per heavy atom. The largest absolute Gasteiger partial charge is 0.508 e. The molecule has 3 aromatic carbocycles. The third-order valence-electron chi connectivity index (χ3n) is 8.51. The number of cyclic esters (lactones) is 1. The van der Waals surface area contributed by atoms with E-state index in [2.05, 4.69) is 5.32 Å². The Hall–Kier alpha value is -5.13. The normalized spacial score (nSPS) is 21.8. The van der Waals surface area contributed by atoms with Crippen LogP contribution in [0.3, 0.4) is 0 Å². The van der Waals surface area contributed by atoms with Gasteiger partial charge in [-0.3, -0.25) is 9.59 Å². The number of hydrogen-bond acceptors (Lipinski definition) is 11. The van der Waals surface area contributed by atoms with Crippen LogP contribution < -0.4 is 24.3 Å². The molecule has 12 heteroatoms. The quantitative estimate of drug-likeness (QED) is 0.324. The number of fused-ring (bicyclic) bond motifs is 3. The summed E-state index contributed by atoms with van der Waals surface area (Å²) in [5, 5.41) is 23.1. The number of aromatic hydroxyl groups is 2. The lowest BCUT2D eigenvalue weighted by atomic mass is 9.62. The molecule has 3 aliphatic rings. The molecule has 12 nitrogen and oxygen atoms in total. The van der Waals surface area contributed by atoms with Gasteiger partial charge in [-0.2, -0.15) is 0 Å². The van der Waals surface area contributed by atoms with E-state index < -0.39 is 47.6 Å². The maximum absolute atomic E-state index is 14.2. The van der Waals surface area contributed by atoms with Crippen molar-refractivity contribution in [3.63, 3.8) is 0 Å². The predicted octanol–water partition coefficient (Wildman–Crippen LogP) is 2.76. The average molecular weight is 606 g/mol. The highest BCUT2D eigenvalue weighted by molar-refractivity contribution is 5.92. The van der Waals surface area contributed by atoms with Crippen LogP contribution in [0, 0.1) is 11.8 Å². The Balaban J connectivity index is 1.45. The number of esters is 2. The summed E-state index contributed by atoms with van der Waals surface area (Å²) in [7, 11) is 4.06. The topological polar surface area (TPSA) is 159 Å². The second-order valence-corrected chi connectivity index (χ2v) is 10.8. The summed E-state index contributed by atoms with van der Waals surface area (Å²) in [5.74, 6) is -3.49. The first kappa shape index (κ1) is 29.0. The molecule has 230 valence electrons. The monoisotopic (exact) mass is 605 g/mol. The number of phenolic OH excluding ortho intramolecular Hbond substituents is 2. The average Bonchev–Trinajstić information content (AvgIpc) is 3.65. The molecular formula is C32H31NO11. The minimum atomic E-state index is -1.05. The zero-order valence-corrected chi connectivity index (χ0v) is 24.2. The van der Waals surface area contributed by atoms with Gasteiger partial charge in [-0.05, 0) is 58.7 Å². The third-order valence-corrected chi connectivity index (χ3v) is 8.51. The van der Waals surface area contributed by atoms with Gasteiger partial charge >= 0.3 is 11.9 Å². The van der Waals surface area contributed by atoms with Crippen LogP contribution in [0.1, 0.15) is 34.1 Å². The molecule has 0 bridgehead atoms. The smallest absolute Gasteiger partial charge is 0.328 e. The molecule has 0 unspecified atom stereocenters. The number of phenols is 2. The highest BCUT2D eigenvalue weighted by atomic mass is 16.7. The molecule has 3 N–H and O–H groups in total. The molecule has 3 aromatic rings. The maximum atomic E-state index is 14.2. The van der Waals surface area contributed by atoms with Crippen LogP contribution in [-0.4, -0.2) is 68.8 Å². The maximum Gasteiger partial charge on any atom is 0.328 e. The van der Waals surface area contributed by atoms with Crippen LogP contribution in [0.15, 0.2) is 48.5 Å². The lowest BCUT2D eigenvalue weighted by Crippen LogP contribution is -2.48. The molecule has 0 spiro atoms. The van der Waals surface area contributed by atoms with E-state index in [-0.39, 0.29) is 42.8 Å². The van der Waals surface area contributed by atoms with E-state index in [1.807, 2.05) is 0 Å². The number of nitrogens with one attached hydrogen (secondary N) is 1. The summed E-state index contributed by atoms with van der Waals surface area (Å²) >= 11 is 0. The summed E-state index contributed by atoms with van der Waals surface area (Å²) < 4.78 is 32.7. The van der Waals surface area contributed by atoms with Gasteiger partial charge in [0.05, 0.1) is 39.8 Å². The summed E-state index contributed by atoms with van der Waals surface area (Å²) in [5.41, 5.74) is 2.50. The van der Waals surface area contributed by atoms with Gasteiger partial charge in [0.1, 0.15) is 11.8 Å². The van der Waals surface area contributed by atoms with E-state index in [1.165, 1.54) is 33.5 Å². The van der Waals surface area contributed by atoms with Crippen molar-refractivity contribution >= 4 is 17.8 Å². The summed E-state index contributed by atoms with van der Waals surface area (Å²) in [4.78, 5) is 40.4. The SMILES string of the molecule is COC(=O)[C@H](Cc1ccc(O)cc1)NC(=O)[C@@H]1c2cc3c(cc2[C@@H](c2cc(OC)c(O)c(OC)c2)[C@H]2C(=O)OC[C@@H]21)OCO3. The minimum Gasteiger partial charge on any atom is -0.508 e. The van der Waals surface area contributed by atoms with Crippen molar-refractivity contribution in [2.75, 3.05) is 34.7 Å². The lowest BCUT2D eigenvalue weighted by molar-refractivity contribution is -0.145. The zero-order chi connectivity index (χ0) is 31.1. The number of hydrogen-bond donors (Lipinski definition) is 3. The zero-order valence-electron chi connectivity index (χ0n) is 24.2. The van der Waals surface area contributed by atoms with Gasteiger partial charge in [-0.1, -0.05) is 12.1 Å². The standard InChI is InChI=1S/C32H31NO11/c1-39-24-9-16(10-25(40-2)29(24)35)26-18-11-22-23(44-14-43-22)12-19(18)27(20-13-42-32(38)28(20)26)30(36)33-21(31(37)41-3)8-15-4-6-17(34)7-5-15/h4-7,9-12,20-21,26-28,34-35H,8,13-14H2,1-3H3,(H,33,36)/t20-,21+,26-,27-,28+/m1/s1. The molecule has 44 heavy (non-hydrogen) atoms. The molecule has 0 aromatic heterocycles. The van der Waals surface area contributed by atoms with Crippen molar-refractivity contribution in [2.45, 2.75) is 24.3 Å². The van der Waals surface area contributed by atoms with Gasteiger partial charge in [0.2, 0.25) is 18.4 Å². The molecule has 1 aliphatic carbocycles. The summed E-state index contributed by atoms with van der Waals surface area (Å²) in [6.45, 7) is -0.0360. The fraction of sp³-hybridized carbons (Fsp3) is 0.344. The predicted molar refractivity (Wildman–Crippen MR) is 152 cm³/mol. The molecule has 5 atom stereocenters. The number of carbonyl (C=O) groups excluding carboxylic acids is 3. The van der Waals surface area contributed by atoms with Crippen LogP contribution in [0.25, 0.3) is 0 Å². The van der Waals surface area contributed by atoms with Crippen molar-refractivity contribution in [3.8, 4) is 34.5 Å². The van der Waals surface area contributed by atoms with Gasteiger partial charge < -0.3 is 44.0 Å². The van der Waals surface area contributed by atoms with Crippen molar-refractivity contribution < 1.29 is 53.0 Å². The molecule has 0 saturated carbocycles. The fourth-order valence-corrected chi connectivity index (χ4v) is 6.46. The molecule has 2 aliphatic heterocycles. The highest BCUT2D eigenvalue weighted by Gasteiger charge is 2.55. The number of rotatable bonds is 8. The molecular weight excluding hydrogens is 574 g/mol. The summed E-state index contributed by atoms with van der Waals surface area (Å²) in [6.07, 6.45) is 0.110. The van der Waals surface area contributed by atoms with Gasteiger partial charge in [0.15, 0.2) is 23.0 Å².